The van der Waals surface area contributed by atoms with Crippen LogP contribution in [0, 0.1) is 0 Å². The van der Waals surface area contributed by atoms with Gasteiger partial charge in [0.15, 0.2) is 5.76 Å². The van der Waals surface area contributed by atoms with Gasteiger partial charge in [0.1, 0.15) is 11.5 Å². The number of para-hydroxylation sites is 1. The summed E-state index contributed by atoms with van der Waals surface area (Å²) in [5, 5.41) is 2.97. The van der Waals surface area contributed by atoms with Crippen LogP contribution in [0.1, 0.15) is 59.1 Å². The zero-order chi connectivity index (χ0) is 26.6. The van der Waals surface area contributed by atoms with E-state index in [9.17, 15) is 9.59 Å². The van der Waals surface area contributed by atoms with Crippen LogP contribution in [0.25, 0.3) is 0 Å². The molecule has 196 valence electrons. The van der Waals surface area contributed by atoms with Crippen molar-refractivity contribution in [3.63, 3.8) is 0 Å². The van der Waals surface area contributed by atoms with Gasteiger partial charge in [0, 0.05) is 24.3 Å². The Balaban J connectivity index is 1.34. The minimum atomic E-state index is -0.239. The lowest BCUT2D eigenvalue weighted by molar-refractivity contribution is 0.0953. The predicted molar refractivity (Wildman–Crippen MR) is 150 cm³/mol. The summed E-state index contributed by atoms with van der Waals surface area (Å²) < 4.78 is 11.2. The van der Waals surface area contributed by atoms with Gasteiger partial charge in [0.2, 0.25) is 0 Å². The molecule has 0 aliphatic carbocycles. The number of aryl methyl sites for hydroxylation is 1. The highest BCUT2D eigenvalue weighted by atomic mass is 16.5. The molecule has 1 N–H and O–H groups in total. The molecule has 1 heterocycles. The van der Waals surface area contributed by atoms with Gasteiger partial charge in [-0.2, -0.15) is 0 Å². The third kappa shape index (κ3) is 7.59. The highest BCUT2D eigenvalue weighted by Crippen LogP contribution is 2.25. The van der Waals surface area contributed by atoms with Crippen LogP contribution >= 0.6 is 0 Å². The molecule has 0 saturated heterocycles. The lowest BCUT2D eigenvalue weighted by Gasteiger charge is -2.22. The molecule has 0 bridgehead atoms. The van der Waals surface area contributed by atoms with E-state index in [1.165, 1.54) is 24.7 Å². The summed E-state index contributed by atoms with van der Waals surface area (Å²) in [6.07, 6.45) is 6.67. The molecule has 4 rings (SSSR count). The molecule has 4 aromatic rings. The summed E-state index contributed by atoms with van der Waals surface area (Å²) in [4.78, 5) is 27.4. The second-order valence-electron chi connectivity index (χ2n) is 9.11. The average Bonchev–Trinajstić information content (AvgIpc) is 3.50. The summed E-state index contributed by atoms with van der Waals surface area (Å²) in [7, 11) is 0. The van der Waals surface area contributed by atoms with Crippen molar-refractivity contribution in [1.29, 1.82) is 0 Å². The number of hydrogen-bond acceptors (Lipinski definition) is 4. The number of hydrogen-bond donors (Lipinski definition) is 1. The molecular formula is C32H34N2O4. The topological polar surface area (TPSA) is 71.8 Å². The number of furan rings is 1. The number of nitrogens with one attached hydrogen (secondary N) is 1. The Morgan fingerprint density at radius 2 is 1.55 bits per heavy atom. The maximum absolute atomic E-state index is 13.2. The van der Waals surface area contributed by atoms with Crippen LogP contribution in [-0.2, 0) is 6.42 Å². The van der Waals surface area contributed by atoms with E-state index in [2.05, 4.69) is 12.2 Å². The first-order chi connectivity index (χ1) is 18.6. The molecule has 6 heteroatoms. The van der Waals surface area contributed by atoms with Gasteiger partial charge in [0.05, 0.1) is 6.26 Å². The number of ether oxygens (including phenoxy) is 1. The van der Waals surface area contributed by atoms with Crippen molar-refractivity contribution >= 4 is 17.5 Å². The maximum atomic E-state index is 13.2. The van der Waals surface area contributed by atoms with E-state index >= 15 is 0 Å². The molecule has 38 heavy (non-hydrogen) atoms. The number of unbranched alkanes of at least 4 members (excludes halogenated alkanes) is 2. The molecule has 0 radical (unpaired) electrons. The molecule has 0 spiro atoms. The molecule has 0 unspecified atom stereocenters. The number of nitrogens with zero attached hydrogens (tertiary/aromatic N) is 1. The van der Waals surface area contributed by atoms with Crippen molar-refractivity contribution in [2.75, 3.05) is 18.0 Å². The largest absolute Gasteiger partial charge is 0.459 e. The van der Waals surface area contributed by atoms with Gasteiger partial charge in [-0.25, -0.2) is 0 Å². The van der Waals surface area contributed by atoms with E-state index in [1.807, 2.05) is 78.9 Å². The quantitative estimate of drug-likeness (QED) is 0.192. The summed E-state index contributed by atoms with van der Waals surface area (Å²) >= 11 is 0. The molecule has 0 saturated carbocycles. The lowest BCUT2D eigenvalue weighted by atomic mass is 10.1. The van der Waals surface area contributed by atoms with Gasteiger partial charge in [0.25, 0.3) is 11.8 Å². The molecule has 0 aliphatic heterocycles. The van der Waals surface area contributed by atoms with Crippen molar-refractivity contribution in [2.45, 2.75) is 39.0 Å². The second kappa shape index (κ2) is 13.8. The highest BCUT2D eigenvalue weighted by Gasteiger charge is 2.20. The Morgan fingerprint density at radius 1 is 0.816 bits per heavy atom. The average molecular weight is 511 g/mol. The second-order valence-corrected chi connectivity index (χ2v) is 9.11. The summed E-state index contributed by atoms with van der Waals surface area (Å²) in [5.41, 5.74) is 2.61. The SMILES string of the molecule is CCCCCc1ccc(C(=O)NCCCN(C(=O)c2ccco2)c2ccc(Oc3ccccc3)cc2)cc1. The first kappa shape index (κ1) is 26.7. The molecular weight excluding hydrogens is 476 g/mol. The Morgan fingerprint density at radius 3 is 2.24 bits per heavy atom. The molecule has 0 aliphatic rings. The minimum absolute atomic E-state index is 0.114. The molecule has 1 aromatic heterocycles. The van der Waals surface area contributed by atoms with E-state index in [0.29, 0.717) is 30.8 Å². The summed E-state index contributed by atoms with van der Waals surface area (Å²) in [6.45, 7) is 3.04. The third-order valence-corrected chi connectivity index (χ3v) is 6.23. The van der Waals surface area contributed by atoms with Crippen molar-refractivity contribution in [3.8, 4) is 11.5 Å². The maximum Gasteiger partial charge on any atom is 0.293 e. The van der Waals surface area contributed by atoms with Crippen molar-refractivity contribution in [1.82, 2.24) is 5.32 Å². The lowest BCUT2D eigenvalue weighted by Crippen LogP contribution is -2.34. The summed E-state index contributed by atoms with van der Waals surface area (Å²) in [5.74, 6) is 1.32. The van der Waals surface area contributed by atoms with E-state index in [-0.39, 0.29) is 17.6 Å². The highest BCUT2D eigenvalue weighted by molar-refractivity contribution is 6.04. The van der Waals surface area contributed by atoms with Crippen molar-refractivity contribution in [2.24, 2.45) is 0 Å². The van der Waals surface area contributed by atoms with E-state index in [4.69, 9.17) is 9.15 Å². The Hall–Kier alpha value is -4.32. The van der Waals surface area contributed by atoms with E-state index in [1.54, 1.807) is 17.0 Å². The monoisotopic (exact) mass is 510 g/mol. The molecule has 6 nitrogen and oxygen atoms in total. The number of anilines is 1. The Labute approximate surface area is 224 Å². The first-order valence-electron chi connectivity index (χ1n) is 13.2. The standard InChI is InChI=1S/C32H34N2O4/c1-2-3-5-10-25-14-16-26(17-15-25)31(35)33-22-9-23-34(32(36)30-13-8-24-37-30)27-18-20-29(21-19-27)38-28-11-6-4-7-12-28/h4,6-8,11-21,24H,2-3,5,9-10,22-23H2,1H3,(H,33,35). The normalized spacial score (nSPS) is 10.7. The van der Waals surface area contributed by atoms with Crippen LogP contribution in [0.4, 0.5) is 5.69 Å². The summed E-state index contributed by atoms with van der Waals surface area (Å²) in [6, 6.07) is 28.0. The van der Waals surface area contributed by atoms with Crippen LogP contribution in [0.3, 0.4) is 0 Å². The number of rotatable bonds is 13. The smallest absolute Gasteiger partial charge is 0.293 e. The van der Waals surface area contributed by atoms with Crippen LogP contribution in [0.15, 0.2) is 102 Å². The van der Waals surface area contributed by atoms with Gasteiger partial charge in [-0.05, 0) is 85.5 Å². The Bertz CT molecular complexity index is 1270. The zero-order valence-electron chi connectivity index (χ0n) is 21.8. The van der Waals surface area contributed by atoms with E-state index < -0.39 is 0 Å². The Kier molecular flexibility index (Phi) is 9.74. The van der Waals surface area contributed by atoms with Gasteiger partial charge in [-0.3, -0.25) is 9.59 Å². The van der Waals surface area contributed by atoms with Gasteiger partial charge in [-0.15, -0.1) is 0 Å². The number of carbonyl (C=O) groups is 2. The predicted octanol–water partition coefficient (Wildman–Crippen LogP) is 7.27. The molecule has 2 amide bonds. The fourth-order valence-electron chi connectivity index (χ4n) is 4.14. The number of amides is 2. The first-order valence-corrected chi connectivity index (χ1v) is 13.2. The van der Waals surface area contributed by atoms with Crippen LogP contribution < -0.4 is 15.0 Å². The van der Waals surface area contributed by atoms with Gasteiger partial charge >= 0.3 is 0 Å². The third-order valence-electron chi connectivity index (χ3n) is 6.23. The van der Waals surface area contributed by atoms with Gasteiger partial charge in [-0.1, -0.05) is 50.1 Å². The van der Waals surface area contributed by atoms with Crippen LogP contribution in [0.5, 0.6) is 11.5 Å². The number of benzene rings is 3. The van der Waals surface area contributed by atoms with E-state index in [0.717, 1.165) is 24.3 Å². The van der Waals surface area contributed by atoms with Crippen molar-refractivity contribution < 1.29 is 18.7 Å². The van der Waals surface area contributed by atoms with Crippen molar-refractivity contribution in [3.05, 3.63) is 114 Å². The zero-order valence-corrected chi connectivity index (χ0v) is 21.8. The fraction of sp³-hybridized carbons (Fsp3) is 0.250. The minimum Gasteiger partial charge on any atom is -0.459 e. The number of carbonyl (C=O) groups excluding carboxylic acids is 2. The molecule has 0 atom stereocenters. The fourth-order valence-corrected chi connectivity index (χ4v) is 4.14. The van der Waals surface area contributed by atoms with Crippen LogP contribution in [0.2, 0.25) is 0 Å². The molecule has 0 fully saturated rings. The van der Waals surface area contributed by atoms with Gasteiger partial charge < -0.3 is 19.4 Å². The molecule has 3 aromatic carbocycles. The van der Waals surface area contributed by atoms with Crippen LogP contribution in [-0.4, -0.2) is 24.9 Å².